The Balaban J connectivity index is 0.00000374. The number of aromatic amines is 2. The van der Waals surface area contributed by atoms with Crippen LogP contribution in [0.15, 0.2) is 103 Å². The number of benzene rings is 3. The molecule has 2 saturated heterocycles. The molecule has 2 aromatic heterocycles. The number of halogens is 2. The van der Waals surface area contributed by atoms with Crippen LogP contribution in [0.1, 0.15) is 86.1 Å². The van der Waals surface area contributed by atoms with Gasteiger partial charge in [-0.2, -0.15) is 0 Å². The van der Waals surface area contributed by atoms with E-state index in [4.69, 9.17) is 14.5 Å². The molecule has 0 aliphatic carbocycles. The van der Waals surface area contributed by atoms with Crippen molar-refractivity contribution >= 4 is 61.0 Å². The molecule has 0 saturated carbocycles. The number of aromatic nitrogens is 4. The van der Waals surface area contributed by atoms with Crippen LogP contribution in [-0.2, 0) is 19.1 Å². The molecule has 4 N–H and O–H groups in total. The Hall–Kier alpha value is -6.38. The fourth-order valence-corrected chi connectivity index (χ4v) is 8.10. The summed E-state index contributed by atoms with van der Waals surface area (Å²) in [5.74, 6) is 0.899. The van der Waals surface area contributed by atoms with Crippen LogP contribution in [0, 0.1) is 5.92 Å². The van der Waals surface area contributed by atoms with E-state index in [2.05, 4.69) is 62.0 Å². The Morgan fingerprint density at radius 2 is 1.30 bits per heavy atom. The smallest absolute Gasteiger partial charge is 0.407 e. The zero-order valence-corrected chi connectivity index (χ0v) is 37.3. The maximum absolute atomic E-state index is 13.9. The number of carbonyl (C=O) groups is 4. The second-order valence-corrected chi connectivity index (χ2v) is 15.5. The van der Waals surface area contributed by atoms with Gasteiger partial charge < -0.3 is 39.9 Å². The number of H-pyrrole nitrogens is 2. The van der Waals surface area contributed by atoms with E-state index in [-0.39, 0.29) is 54.6 Å². The van der Waals surface area contributed by atoms with Crippen LogP contribution in [0.2, 0.25) is 0 Å². The number of alkyl carbamates (subject to hydrolysis) is 2. The van der Waals surface area contributed by atoms with Gasteiger partial charge in [0.25, 0.3) is 5.91 Å². The van der Waals surface area contributed by atoms with Gasteiger partial charge in [0, 0.05) is 18.7 Å². The van der Waals surface area contributed by atoms with Crippen LogP contribution in [0.5, 0.6) is 0 Å². The predicted octanol–water partition coefficient (Wildman–Crippen LogP) is 8.84. The number of ether oxygens (including phenoxy) is 2. The maximum atomic E-state index is 13.9. The molecular weight excluding hydrogens is 843 g/mol. The molecule has 0 unspecified atom stereocenters. The molecule has 3 aromatic carbocycles. The maximum Gasteiger partial charge on any atom is 0.407 e. The highest BCUT2D eigenvalue weighted by molar-refractivity contribution is 5.88. The highest BCUT2D eigenvalue weighted by Crippen LogP contribution is 2.36. The molecule has 5 aromatic rings. The quantitative estimate of drug-likeness (QED) is 0.0849. The predicted molar refractivity (Wildman–Crippen MR) is 247 cm³/mol. The molecule has 0 spiro atoms. The number of nitrogens with zero attached hydrogens (tertiary/aromatic N) is 4. The van der Waals surface area contributed by atoms with Crippen LogP contribution >= 0.6 is 24.8 Å². The number of likely N-dealkylation sites (tertiary alicyclic amines) is 2. The third-order valence-corrected chi connectivity index (χ3v) is 11.2. The third kappa shape index (κ3) is 11.2. The summed E-state index contributed by atoms with van der Waals surface area (Å²) in [7, 11) is 2.57. The second kappa shape index (κ2) is 22.1. The molecule has 0 radical (unpaired) electrons. The SMILES string of the molecule is COC(=O)N[C@H](C(=O)N1CCC[C@H]1c1ncc(C=CC=Cc2ccc(-c3cnc([C@@H]4CCCN4C(=O)[C@@H](NC(=O)OC)C(C)C)[nH]3)cc2-c2ccccc2)[nH]1)c1ccccc1.Cl.Cl. The lowest BCUT2D eigenvalue weighted by Gasteiger charge is -2.30. The van der Waals surface area contributed by atoms with E-state index in [1.54, 1.807) is 11.1 Å². The summed E-state index contributed by atoms with van der Waals surface area (Å²) in [5, 5.41) is 5.41. The first-order chi connectivity index (χ1) is 29.6. The normalized spacial score (nSPS) is 17.0. The molecule has 4 atom stereocenters. The van der Waals surface area contributed by atoms with Gasteiger partial charge >= 0.3 is 12.2 Å². The molecule has 0 bridgehead atoms. The van der Waals surface area contributed by atoms with Gasteiger partial charge in [0.1, 0.15) is 23.7 Å². The van der Waals surface area contributed by atoms with Gasteiger partial charge in [-0.1, -0.05) is 105 Å². The first-order valence-corrected chi connectivity index (χ1v) is 20.6. The van der Waals surface area contributed by atoms with Crippen molar-refractivity contribution in [3.8, 4) is 22.4 Å². The molecule has 2 aliphatic rings. The standard InChI is InChI=1S/C47H52N8O6.2ClH/c1-30(2)40(52-46(58)60-3)44(56)54-25-14-22-39(54)43-49-29-37(51-43)34-24-23-32(36(27-34)31-15-7-5-8-16-31)17-11-12-20-35-28-48-42(50-35)38-21-13-26-55(38)45(57)41(53-47(59)61-4)33-18-9-6-10-19-33;;/h5-12,15-20,23-24,27-30,38-41H,13-14,21-22,25-26H2,1-4H3,(H,48,50)(H,49,51)(H,52,58)(H,53,59);2*1H/t38-,39-,40-,41-;;/m0../s1. The van der Waals surface area contributed by atoms with Gasteiger partial charge in [-0.25, -0.2) is 19.6 Å². The molecule has 332 valence electrons. The Morgan fingerprint density at radius 1 is 0.714 bits per heavy atom. The summed E-state index contributed by atoms with van der Waals surface area (Å²) in [5.41, 5.74) is 6.37. The minimum absolute atomic E-state index is 0. The van der Waals surface area contributed by atoms with Gasteiger partial charge in [0.05, 0.1) is 50.1 Å². The van der Waals surface area contributed by atoms with Crippen LogP contribution in [0.4, 0.5) is 9.59 Å². The lowest BCUT2D eigenvalue weighted by Crippen LogP contribution is -2.51. The van der Waals surface area contributed by atoms with Gasteiger partial charge in [-0.15, -0.1) is 24.8 Å². The lowest BCUT2D eigenvalue weighted by molar-refractivity contribution is -0.135. The number of methoxy groups -OCH3 is 2. The van der Waals surface area contributed by atoms with Crippen molar-refractivity contribution in [2.24, 2.45) is 5.92 Å². The molecule has 16 heteroatoms. The zero-order valence-electron chi connectivity index (χ0n) is 35.7. The number of allylic oxidation sites excluding steroid dienone is 2. The van der Waals surface area contributed by atoms with Crippen LogP contribution in [0.25, 0.3) is 34.5 Å². The summed E-state index contributed by atoms with van der Waals surface area (Å²) < 4.78 is 9.61. The van der Waals surface area contributed by atoms with Gasteiger partial charge in [-0.3, -0.25) is 9.59 Å². The van der Waals surface area contributed by atoms with Crippen molar-refractivity contribution in [3.05, 3.63) is 132 Å². The monoisotopic (exact) mass is 896 g/mol. The molecular formula is C47H54Cl2N8O6. The molecule has 4 amide bonds. The van der Waals surface area contributed by atoms with Crippen molar-refractivity contribution in [1.82, 2.24) is 40.4 Å². The van der Waals surface area contributed by atoms with Gasteiger partial charge in [0.2, 0.25) is 5.91 Å². The summed E-state index contributed by atoms with van der Waals surface area (Å²) in [6.45, 7) is 4.92. The average molecular weight is 898 g/mol. The Morgan fingerprint density at radius 3 is 1.95 bits per heavy atom. The molecule has 2 aliphatic heterocycles. The van der Waals surface area contributed by atoms with E-state index >= 15 is 0 Å². The summed E-state index contributed by atoms with van der Waals surface area (Å²) in [6, 6.07) is 23.5. The Labute approximate surface area is 379 Å². The topological polar surface area (TPSA) is 175 Å². The minimum Gasteiger partial charge on any atom is -0.453 e. The largest absolute Gasteiger partial charge is 0.453 e. The zero-order chi connectivity index (χ0) is 42.9. The van der Waals surface area contributed by atoms with E-state index < -0.39 is 24.3 Å². The average Bonchev–Trinajstić information content (AvgIpc) is 4.14. The highest BCUT2D eigenvalue weighted by atomic mass is 35.5. The fourth-order valence-electron chi connectivity index (χ4n) is 8.10. The summed E-state index contributed by atoms with van der Waals surface area (Å²) in [4.78, 5) is 71.7. The van der Waals surface area contributed by atoms with Crippen molar-refractivity contribution in [2.75, 3.05) is 27.3 Å². The van der Waals surface area contributed by atoms with Gasteiger partial charge in [0.15, 0.2) is 0 Å². The van der Waals surface area contributed by atoms with E-state index in [1.165, 1.54) is 14.2 Å². The first kappa shape index (κ1) is 47.7. The number of imidazole rings is 2. The summed E-state index contributed by atoms with van der Waals surface area (Å²) in [6.07, 6.45) is 13.3. The number of hydrogen-bond acceptors (Lipinski definition) is 8. The number of carbonyl (C=O) groups excluding carboxylic acids is 4. The van der Waals surface area contributed by atoms with E-state index in [0.717, 1.165) is 59.3 Å². The van der Waals surface area contributed by atoms with Crippen LogP contribution < -0.4 is 10.6 Å². The van der Waals surface area contributed by atoms with Crippen molar-refractivity contribution in [3.63, 3.8) is 0 Å². The fraction of sp³-hybridized carbons (Fsp3) is 0.319. The Kier molecular flexibility index (Phi) is 16.7. The second-order valence-electron chi connectivity index (χ2n) is 15.5. The Bertz CT molecular complexity index is 2380. The minimum atomic E-state index is -0.887. The summed E-state index contributed by atoms with van der Waals surface area (Å²) >= 11 is 0. The number of nitrogens with one attached hydrogen (secondary N) is 4. The van der Waals surface area contributed by atoms with E-state index in [0.29, 0.717) is 30.3 Å². The van der Waals surface area contributed by atoms with Crippen LogP contribution in [-0.4, -0.2) is 87.1 Å². The lowest BCUT2D eigenvalue weighted by atomic mass is 9.96. The first-order valence-electron chi connectivity index (χ1n) is 20.6. The molecule has 7 rings (SSSR count). The highest BCUT2D eigenvalue weighted by Gasteiger charge is 2.38. The molecule has 63 heavy (non-hydrogen) atoms. The van der Waals surface area contributed by atoms with Crippen molar-refractivity contribution in [1.29, 1.82) is 0 Å². The third-order valence-electron chi connectivity index (χ3n) is 11.2. The molecule has 14 nitrogen and oxygen atoms in total. The number of rotatable bonds is 13. The van der Waals surface area contributed by atoms with Crippen molar-refractivity contribution < 1.29 is 28.7 Å². The number of amides is 4. The number of hydrogen-bond donors (Lipinski definition) is 4. The molecule has 2 fully saturated rings. The molecule has 4 heterocycles. The van der Waals surface area contributed by atoms with E-state index in [1.807, 2.05) is 91.7 Å². The van der Waals surface area contributed by atoms with Gasteiger partial charge in [-0.05, 0) is 66.0 Å². The van der Waals surface area contributed by atoms with Crippen LogP contribution in [0.3, 0.4) is 0 Å². The van der Waals surface area contributed by atoms with Crippen molar-refractivity contribution in [2.45, 2.75) is 63.7 Å². The van der Waals surface area contributed by atoms with E-state index in [9.17, 15) is 19.2 Å².